The Morgan fingerprint density at radius 3 is 3.00 bits per heavy atom. The molecule has 2 aromatic heterocycles. The first-order valence-electron chi connectivity index (χ1n) is 6.47. The number of carbonyl (C=O) groups excluding carboxylic acids is 1. The summed E-state index contributed by atoms with van der Waals surface area (Å²) in [6.07, 6.45) is 0.582. The minimum atomic E-state index is -0.685. The molecule has 2 aromatic rings. The van der Waals surface area contributed by atoms with Crippen LogP contribution in [0.2, 0.25) is 0 Å². The van der Waals surface area contributed by atoms with Crippen molar-refractivity contribution in [3.05, 3.63) is 40.0 Å². The van der Waals surface area contributed by atoms with E-state index in [1.165, 1.54) is 19.3 Å². The first-order chi connectivity index (χ1) is 10.5. The Labute approximate surface area is 124 Å². The summed E-state index contributed by atoms with van der Waals surface area (Å²) >= 11 is 0. The number of aryl methyl sites for hydroxylation is 1. The number of hydrogen-bond acceptors (Lipinski definition) is 8. The lowest BCUT2D eigenvalue weighted by atomic mass is 10.4. The molecule has 0 aromatic carbocycles. The summed E-state index contributed by atoms with van der Waals surface area (Å²) in [4.78, 5) is 27.0. The topological polar surface area (TPSA) is 128 Å². The highest BCUT2D eigenvalue weighted by Gasteiger charge is 2.16. The Morgan fingerprint density at radius 1 is 1.55 bits per heavy atom. The highest BCUT2D eigenvalue weighted by atomic mass is 16.5. The van der Waals surface area contributed by atoms with Crippen LogP contribution in [0.3, 0.4) is 0 Å². The number of amides is 1. The molecule has 0 aliphatic heterocycles. The number of rotatable bonds is 6. The average Bonchev–Trinajstić information content (AvgIpc) is 2.93. The zero-order valence-corrected chi connectivity index (χ0v) is 12.0. The van der Waals surface area contributed by atoms with Crippen LogP contribution in [-0.2, 0) is 6.61 Å². The van der Waals surface area contributed by atoms with E-state index in [0.717, 1.165) is 0 Å². The van der Waals surface area contributed by atoms with E-state index >= 15 is 0 Å². The van der Waals surface area contributed by atoms with Crippen molar-refractivity contribution in [3.63, 3.8) is 0 Å². The molecule has 0 aliphatic rings. The molecule has 9 heteroatoms. The van der Waals surface area contributed by atoms with Crippen LogP contribution in [0.1, 0.15) is 29.2 Å². The van der Waals surface area contributed by atoms with E-state index in [9.17, 15) is 9.59 Å². The van der Waals surface area contributed by atoms with Crippen molar-refractivity contribution < 1.29 is 23.6 Å². The third-order valence-corrected chi connectivity index (χ3v) is 2.57. The third-order valence-electron chi connectivity index (χ3n) is 2.57. The summed E-state index contributed by atoms with van der Waals surface area (Å²) in [5.74, 6) is -0.380. The van der Waals surface area contributed by atoms with Gasteiger partial charge in [-0.25, -0.2) is 0 Å². The standard InChI is InChI=1S/C13H15N3O6/c1-7(17)5-14-12(19)13-15-10(16-22-13)6-21-11-8(2)20-4-3-9(11)18/h3-4,7,17H,5-6H2,1-2H3,(H,14,19). The van der Waals surface area contributed by atoms with Crippen LogP contribution >= 0.6 is 0 Å². The summed E-state index contributed by atoms with van der Waals surface area (Å²) in [6.45, 7) is 3.03. The molecule has 0 spiro atoms. The van der Waals surface area contributed by atoms with Gasteiger partial charge >= 0.3 is 11.8 Å². The molecule has 1 atom stereocenters. The van der Waals surface area contributed by atoms with Gasteiger partial charge in [0.05, 0.1) is 12.4 Å². The molecule has 0 saturated heterocycles. The monoisotopic (exact) mass is 309 g/mol. The molecular weight excluding hydrogens is 294 g/mol. The van der Waals surface area contributed by atoms with Crippen LogP contribution in [0.15, 0.2) is 26.1 Å². The number of carbonyl (C=O) groups is 1. The van der Waals surface area contributed by atoms with Gasteiger partial charge < -0.3 is 24.1 Å². The van der Waals surface area contributed by atoms with Gasteiger partial charge in [0.2, 0.25) is 17.0 Å². The molecule has 0 fully saturated rings. The molecule has 2 heterocycles. The van der Waals surface area contributed by atoms with Crippen LogP contribution < -0.4 is 15.5 Å². The fourth-order valence-electron chi connectivity index (χ4n) is 1.53. The van der Waals surface area contributed by atoms with Crippen molar-refractivity contribution in [1.29, 1.82) is 0 Å². The Bertz CT molecular complexity index is 706. The summed E-state index contributed by atoms with van der Waals surface area (Å²) in [5.41, 5.74) is -0.331. The molecule has 9 nitrogen and oxygen atoms in total. The fourth-order valence-corrected chi connectivity index (χ4v) is 1.53. The van der Waals surface area contributed by atoms with Crippen LogP contribution in [0.4, 0.5) is 0 Å². The molecule has 1 unspecified atom stereocenters. The number of ether oxygens (including phenoxy) is 1. The lowest BCUT2D eigenvalue weighted by molar-refractivity contribution is 0.0880. The number of aliphatic hydroxyl groups is 1. The number of nitrogens with zero attached hydrogens (tertiary/aromatic N) is 2. The largest absolute Gasteiger partial charge is 0.478 e. The van der Waals surface area contributed by atoms with Crippen molar-refractivity contribution in [1.82, 2.24) is 15.5 Å². The van der Waals surface area contributed by atoms with Gasteiger partial charge in [0.25, 0.3) is 0 Å². The zero-order valence-electron chi connectivity index (χ0n) is 12.0. The average molecular weight is 309 g/mol. The van der Waals surface area contributed by atoms with E-state index in [4.69, 9.17) is 18.8 Å². The molecule has 1 amide bonds. The van der Waals surface area contributed by atoms with Crippen LogP contribution in [0.5, 0.6) is 5.75 Å². The van der Waals surface area contributed by atoms with Crippen LogP contribution in [0.25, 0.3) is 0 Å². The molecule has 0 radical (unpaired) electrons. The normalized spacial score (nSPS) is 12.0. The maximum Gasteiger partial charge on any atom is 0.316 e. The Morgan fingerprint density at radius 2 is 2.32 bits per heavy atom. The van der Waals surface area contributed by atoms with E-state index in [1.54, 1.807) is 6.92 Å². The Balaban J connectivity index is 1.98. The molecule has 0 aliphatic carbocycles. The predicted molar refractivity (Wildman–Crippen MR) is 72.4 cm³/mol. The SMILES string of the molecule is Cc1occc(=O)c1OCc1noc(C(=O)NCC(C)O)n1. The minimum absolute atomic E-state index is 0.0485. The van der Waals surface area contributed by atoms with Crippen LogP contribution in [0, 0.1) is 6.92 Å². The smallest absolute Gasteiger partial charge is 0.316 e. The second-order valence-electron chi connectivity index (χ2n) is 4.53. The van der Waals surface area contributed by atoms with E-state index in [1.807, 2.05) is 0 Å². The van der Waals surface area contributed by atoms with Crippen molar-refractivity contribution in [2.45, 2.75) is 26.6 Å². The molecule has 0 bridgehead atoms. The second kappa shape index (κ2) is 6.85. The number of nitrogens with one attached hydrogen (secondary N) is 1. The minimum Gasteiger partial charge on any atom is -0.478 e. The van der Waals surface area contributed by atoms with Gasteiger partial charge in [0, 0.05) is 12.6 Å². The fraction of sp³-hybridized carbons (Fsp3) is 0.385. The van der Waals surface area contributed by atoms with Gasteiger partial charge in [0.15, 0.2) is 6.61 Å². The van der Waals surface area contributed by atoms with E-state index < -0.39 is 12.0 Å². The summed E-state index contributed by atoms with van der Waals surface area (Å²) < 4.78 is 15.1. The predicted octanol–water partition coefficient (Wildman–Crippen LogP) is 0.0208. The number of hydrogen-bond donors (Lipinski definition) is 2. The van der Waals surface area contributed by atoms with Crippen LogP contribution in [-0.4, -0.2) is 33.8 Å². The lowest BCUT2D eigenvalue weighted by Crippen LogP contribution is -2.30. The van der Waals surface area contributed by atoms with E-state index in [-0.39, 0.29) is 36.0 Å². The van der Waals surface area contributed by atoms with E-state index in [2.05, 4.69) is 15.5 Å². The summed E-state index contributed by atoms with van der Waals surface area (Å²) in [7, 11) is 0. The lowest BCUT2D eigenvalue weighted by Gasteiger charge is -2.04. The van der Waals surface area contributed by atoms with Gasteiger partial charge in [-0.05, 0) is 13.8 Å². The summed E-state index contributed by atoms with van der Waals surface area (Å²) in [6, 6.07) is 1.23. The highest BCUT2D eigenvalue weighted by molar-refractivity contribution is 5.89. The van der Waals surface area contributed by atoms with Crippen molar-refractivity contribution in [2.24, 2.45) is 0 Å². The quantitative estimate of drug-likeness (QED) is 0.764. The molecule has 2 rings (SSSR count). The molecular formula is C13H15N3O6. The zero-order chi connectivity index (χ0) is 16.1. The van der Waals surface area contributed by atoms with Gasteiger partial charge in [-0.2, -0.15) is 4.98 Å². The third kappa shape index (κ3) is 3.92. The van der Waals surface area contributed by atoms with Gasteiger partial charge in [-0.1, -0.05) is 5.16 Å². The second-order valence-corrected chi connectivity index (χ2v) is 4.53. The first kappa shape index (κ1) is 15.7. The maximum atomic E-state index is 11.6. The van der Waals surface area contributed by atoms with Gasteiger partial charge in [-0.15, -0.1) is 0 Å². The number of aromatic nitrogens is 2. The summed E-state index contributed by atoms with van der Waals surface area (Å²) in [5, 5.41) is 15.1. The molecule has 0 saturated carbocycles. The van der Waals surface area contributed by atoms with Gasteiger partial charge in [0.1, 0.15) is 5.76 Å². The molecule has 22 heavy (non-hydrogen) atoms. The van der Waals surface area contributed by atoms with Gasteiger partial charge in [-0.3, -0.25) is 9.59 Å². The first-order valence-corrected chi connectivity index (χ1v) is 6.47. The van der Waals surface area contributed by atoms with Crippen molar-refractivity contribution in [2.75, 3.05) is 6.54 Å². The van der Waals surface area contributed by atoms with E-state index in [0.29, 0.717) is 5.76 Å². The van der Waals surface area contributed by atoms with Crippen molar-refractivity contribution in [3.8, 4) is 5.75 Å². The maximum absolute atomic E-state index is 11.6. The molecule has 2 N–H and O–H groups in total. The Kier molecular flexibility index (Phi) is 4.89. The molecule has 118 valence electrons. The highest BCUT2D eigenvalue weighted by Crippen LogP contribution is 2.12. The Hall–Kier alpha value is -2.68. The van der Waals surface area contributed by atoms with Crippen molar-refractivity contribution >= 4 is 5.91 Å². The number of aliphatic hydroxyl groups excluding tert-OH is 1.